The lowest BCUT2D eigenvalue weighted by Crippen LogP contribution is -2.08. The first-order valence-electron chi connectivity index (χ1n) is 8.73. The highest BCUT2D eigenvalue weighted by Gasteiger charge is 2.14. The number of halogens is 1. The molecule has 0 saturated carbocycles. The molecular weight excluding hydrogens is 373 g/mol. The van der Waals surface area contributed by atoms with Gasteiger partial charge in [0.05, 0.1) is 6.20 Å². The number of hydrogen-bond donors (Lipinski definition) is 0. The fraction of sp³-hybridized carbons (Fsp3) is 0.136. The van der Waals surface area contributed by atoms with Gasteiger partial charge in [-0.2, -0.15) is 5.26 Å². The van der Waals surface area contributed by atoms with Crippen molar-refractivity contribution in [2.75, 3.05) is 19.0 Å². The summed E-state index contributed by atoms with van der Waals surface area (Å²) in [6.45, 7) is -0.224. The van der Waals surface area contributed by atoms with E-state index in [1.807, 2.05) is 49.3 Å². The van der Waals surface area contributed by atoms with Gasteiger partial charge in [-0.25, -0.2) is 14.2 Å². The zero-order chi connectivity index (χ0) is 20.8. The Morgan fingerprint density at radius 2 is 1.90 bits per heavy atom. The molecule has 1 aromatic heterocycles. The van der Waals surface area contributed by atoms with E-state index in [9.17, 15) is 14.4 Å². The zero-order valence-corrected chi connectivity index (χ0v) is 15.9. The number of nitriles is 1. The predicted octanol–water partition coefficient (Wildman–Crippen LogP) is 4.20. The summed E-state index contributed by atoms with van der Waals surface area (Å²) in [6.07, 6.45) is 2.92. The summed E-state index contributed by atoms with van der Waals surface area (Å²) in [7, 11) is 3.85. The van der Waals surface area contributed by atoms with E-state index in [-0.39, 0.29) is 23.9 Å². The van der Waals surface area contributed by atoms with Crippen molar-refractivity contribution in [3.05, 3.63) is 77.6 Å². The average Bonchev–Trinajstić information content (AvgIpc) is 3.20. The van der Waals surface area contributed by atoms with Gasteiger partial charge in [-0.05, 0) is 48.0 Å². The van der Waals surface area contributed by atoms with Crippen LogP contribution < -0.4 is 4.90 Å². The van der Waals surface area contributed by atoms with Crippen molar-refractivity contribution in [1.82, 2.24) is 4.98 Å². The minimum atomic E-state index is -0.772. The number of oxazole rings is 1. The molecule has 0 atom stereocenters. The molecule has 0 spiro atoms. The highest BCUT2D eigenvalue weighted by atomic mass is 19.1. The summed E-state index contributed by atoms with van der Waals surface area (Å²) in [5.41, 5.74) is 2.23. The van der Waals surface area contributed by atoms with Gasteiger partial charge in [-0.3, -0.25) is 0 Å². The largest absolute Gasteiger partial charge is 0.452 e. The van der Waals surface area contributed by atoms with Gasteiger partial charge in [0.25, 0.3) is 0 Å². The second-order valence-electron chi connectivity index (χ2n) is 6.36. The lowest BCUT2D eigenvalue weighted by molar-refractivity contribution is -0.140. The number of hydrogen-bond acceptors (Lipinski definition) is 6. The number of aromatic nitrogens is 1. The topological polar surface area (TPSA) is 79.4 Å². The van der Waals surface area contributed by atoms with Crippen LogP contribution in [0.15, 0.2) is 64.7 Å². The molecule has 0 amide bonds. The summed E-state index contributed by atoms with van der Waals surface area (Å²) in [6, 6.07) is 15.0. The maximum atomic E-state index is 13.0. The molecule has 29 heavy (non-hydrogen) atoms. The lowest BCUT2D eigenvalue weighted by Gasteiger charge is -2.11. The van der Waals surface area contributed by atoms with E-state index in [2.05, 4.69) is 4.98 Å². The number of anilines is 1. The first-order chi connectivity index (χ1) is 14.0. The van der Waals surface area contributed by atoms with Crippen LogP contribution >= 0.6 is 0 Å². The monoisotopic (exact) mass is 391 g/mol. The van der Waals surface area contributed by atoms with Crippen LogP contribution in [0.2, 0.25) is 0 Å². The molecule has 0 saturated heterocycles. The Hall–Kier alpha value is -3.92. The number of ether oxygens (including phenoxy) is 1. The molecular formula is C22H18FN3O3. The van der Waals surface area contributed by atoms with Crippen molar-refractivity contribution < 1.29 is 18.3 Å². The first kappa shape index (κ1) is 19.8. The van der Waals surface area contributed by atoms with Gasteiger partial charge in [-0.15, -0.1) is 0 Å². The van der Waals surface area contributed by atoms with Crippen molar-refractivity contribution in [2.45, 2.75) is 6.61 Å². The highest BCUT2D eigenvalue weighted by molar-refractivity contribution is 5.97. The molecule has 0 aliphatic heterocycles. The van der Waals surface area contributed by atoms with E-state index in [0.29, 0.717) is 16.9 Å². The molecule has 0 radical (unpaired) electrons. The molecule has 0 aliphatic carbocycles. The third-order valence-corrected chi connectivity index (χ3v) is 4.07. The second kappa shape index (κ2) is 8.85. The maximum Gasteiger partial charge on any atom is 0.349 e. The average molecular weight is 391 g/mol. The maximum absolute atomic E-state index is 13.0. The summed E-state index contributed by atoms with van der Waals surface area (Å²) < 4.78 is 23.6. The van der Waals surface area contributed by atoms with Crippen LogP contribution in [0.1, 0.15) is 11.5 Å². The SMILES string of the molecule is CN(C)c1ccc(/C=C(\C#N)C(=O)OCc2ncc(-c3ccc(F)cc3)o2)cc1. The van der Waals surface area contributed by atoms with Gasteiger partial charge >= 0.3 is 5.97 Å². The zero-order valence-electron chi connectivity index (χ0n) is 15.9. The Morgan fingerprint density at radius 1 is 1.21 bits per heavy atom. The minimum Gasteiger partial charge on any atom is -0.452 e. The number of rotatable bonds is 6. The van der Waals surface area contributed by atoms with Crippen LogP contribution in [0, 0.1) is 17.1 Å². The second-order valence-corrected chi connectivity index (χ2v) is 6.36. The normalized spacial score (nSPS) is 11.0. The van der Waals surface area contributed by atoms with Crippen LogP contribution in [0.25, 0.3) is 17.4 Å². The third-order valence-electron chi connectivity index (χ3n) is 4.07. The van der Waals surface area contributed by atoms with Crippen molar-refractivity contribution in [1.29, 1.82) is 5.26 Å². The van der Waals surface area contributed by atoms with Gasteiger partial charge in [0.2, 0.25) is 5.89 Å². The predicted molar refractivity (Wildman–Crippen MR) is 106 cm³/mol. The molecule has 0 aliphatic rings. The van der Waals surface area contributed by atoms with E-state index < -0.39 is 5.97 Å². The van der Waals surface area contributed by atoms with Crippen LogP contribution in [0.5, 0.6) is 0 Å². The molecule has 0 unspecified atom stereocenters. The number of benzene rings is 2. The minimum absolute atomic E-state index is 0.132. The van der Waals surface area contributed by atoms with Crippen molar-refractivity contribution >= 4 is 17.7 Å². The van der Waals surface area contributed by atoms with E-state index in [1.54, 1.807) is 12.1 Å². The molecule has 1 heterocycles. The van der Waals surface area contributed by atoms with Crippen molar-refractivity contribution in [2.24, 2.45) is 0 Å². The van der Waals surface area contributed by atoms with E-state index in [4.69, 9.17) is 9.15 Å². The third kappa shape index (κ3) is 5.08. The molecule has 2 aromatic carbocycles. The van der Waals surface area contributed by atoms with Gasteiger partial charge in [0.1, 0.15) is 17.5 Å². The van der Waals surface area contributed by atoms with Gasteiger partial charge < -0.3 is 14.1 Å². The Balaban J connectivity index is 1.64. The fourth-order valence-corrected chi connectivity index (χ4v) is 2.50. The first-order valence-corrected chi connectivity index (χ1v) is 8.73. The molecule has 7 heteroatoms. The lowest BCUT2D eigenvalue weighted by atomic mass is 10.1. The molecule has 3 rings (SSSR count). The van der Waals surface area contributed by atoms with E-state index in [1.165, 1.54) is 24.4 Å². The van der Waals surface area contributed by atoms with Crippen molar-refractivity contribution in [3.8, 4) is 17.4 Å². The fourth-order valence-electron chi connectivity index (χ4n) is 2.50. The summed E-state index contributed by atoms with van der Waals surface area (Å²) >= 11 is 0. The van der Waals surface area contributed by atoms with Crippen LogP contribution in [0.3, 0.4) is 0 Å². The molecule has 6 nitrogen and oxygen atoms in total. The number of carbonyl (C=O) groups excluding carboxylic acids is 1. The van der Waals surface area contributed by atoms with E-state index >= 15 is 0 Å². The summed E-state index contributed by atoms with van der Waals surface area (Å²) in [5, 5.41) is 9.28. The van der Waals surface area contributed by atoms with Crippen molar-refractivity contribution in [3.63, 3.8) is 0 Å². The molecule has 0 fully saturated rings. The Morgan fingerprint density at radius 3 is 2.52 bits per heavy atom. The molecule has 3 aromatic rings. The Labute approximate surface area is 167 Å². The Kier molecular flexibility index (Phi) is 6.05. The summed E-state index contributed by atoms with van der Waals surface area (Å²) in [5.74, 6) is -0.529. The molecule has 146 valence electrons. The van der Waals surface area contributed by atoms with Crippen LogP contribution in [-0.2, 0) is 16.1 Å². The van der Waals surface area contributed by atoms with Crippen LogP contribution in [0.4, 0.5) is 10.1 Å². The Bertz CT molecular complexity index is 1060. The van der Waals surface area contributed by atoms with Gasteiger partial charge in [0, 0.05) is 25.3 Å². The number of carbonyl (C=O) groups is 1. The highest BCUT2D eigenvalue weighted by Crippen LogP contribution is 2.21. The molecule has 0 bridgehead atoms. The molecule has 0 N–H and O–H groups in total. The smallest absolute Gasteiger partial charge is 0.349 e. The quantitative estimate of drug-likeness (QED) is 0.356. The number of nitrogens with zero attached hydrogens (tertiary/aromatic N) is 3. The van der Waals surface area contributed by atoms with E-state index in [0.717, 1.165) is 5.69 Å². The number of esters is 1. The van der Waals surface area contributed by atoms with Gasteiger partial charge in [0.15, 0.2) is 12.4 Å². The standard InChI is InChI=1S/C22H18FN3O3/c1-26(2)19-9-3-15(4-10-19)11-17(12-24)22(27)28-14-21-25-13-20(29-21)16-5-7-18(23)8-6-16/h3-11,13H,14H2,1-2H3/b17-11+. The van der Waals surface area contributed by atoms with Crippen LogP contribution in [-0.4, -0.2) is 25.0 Å². The van der Waals surface area contributed by atoms with Gasteiger partial charge in [-0.1, -0.05) is 12.1 Å². The summed E-state index contributed by atoms with van der Waals surface area (Å²) in [4.78, 5) is 18.2.